The van der Waals surface area contributed by atoms with Crippen LogP contribution < -0.4 is 0 Å². The minimum Gasteiger partial charge on any atom is -0.462 e. The highest BCUT2D eigenvalue weighted by Crippen LogP contribution is 2.16. The van der Waals surface area contributed by atoms with E-state index in [9.17, 15) is 14.4 Å². The minimum absolute atomic E-state index is 0.0699. The summed E-state index contributed by atoms with van der Waals surface area (Å²) in [5.74, 6) is -0.882. The van der Waals surface area contributed by atoms with E-state index in [1.54, 1.807) is 0 Å². The van der Waals surface area contributed by atoms with E-state index in [4.69, 9.17) is 14.2 Å². The van der Waals surface area contributed by atoms with Crippen LogP contribution in [0.5, 0.6) is 0 Å². The van der Waals surface area contributed by atoms with Crippen LogP contribution in [-0.2, 0) is 28.6 Å². The zero-order valence-electron chi connectivity index (χ0n) is 37.7. The molecule has 0 aromatic rings. The fourth-order valence-electron chi connectivity index (χ4n) is 7.26. The topological polar surface area (TPSA) is 78.9 Å². The molecule has 0 aliphatic rings. The third-order valence-electron chi connectivity index (χ3n) is 11.0. The number of esters is 3. The van der Waals surface area contributed by atoms with E-state index in [-0.39, 0.29) is 31.1 Å². The van der Waals surface area contributed by atoms with Gasteiger partial charge in [0.15, 0.2) is 6.10 Å². The minimum atomic E-state index is -0.765. The van der Waals surface area contributed by atoms with Crippen molar-refractivity contribution in [2.75, 3.05) is 13.2 Å². The van der Waals surface area contributed by atoms with Crippen molar-refractivity contribution in [2.24, 2.45) is 0 Å². The molecule has 0 aromatic heterocycles. The summed E-state index contributed by atoms with van der Waals surface area (Å²) in [7, 11) is 0. The summed E-state index contributed by atoms with van der Waals surface area (Å²) in [6.07, 6.45) is 49.5. The van der Waals surface area contributed by atoms with Gasteiger partial charge in [-0.25, -0.2) is 0 Å². The first kappa shape index (κ1) is 54.2. The number of hydrogen-bond acceptors (Lipinski definition) is 6. The van der Waals surface area contributed by atoms with Crippen LogP contribution in [0.15, 0.2) is 12.2 Å². The maximum atomic E-state index is 12.7. The van der Waals surface area contributed by atoms with Crippen molar-refractivity contribution in [2.45, 2.75) is 277 Å². The number of hydrogen-bond donors (Lipinski definition) is 0. The van der Waals surface area contributed by atoms with Crippen LogP contribution in [0.4, 0.5) is 0 Å². The van der Waals surface area contributed by atoms with Crippen molar-refractivity contribution < 1.29 is 28.6 Å². The number of unbranched alkanes of at least 4 members (excludes halogenated alkanes) is 32. The Hall–Kier alpha value is -1.85. The Morgan fingerprint density at radius 2 is 0.589 bits per heavy atom. The average Bonchev–Trinajstić information content (AvgIpc) is 3.19. The maximum absolute atomic E-state index is 12.7. The standard InChI is InChI=1S/C50H94O6/c1-4-7-10-13-15-17-19-21-22-23-24-25-26-27-28-29-31-32-34-37-40-43-49(52)55-46-47(45-54-48(51)42-39-36-12-9-6-3)56-50(53)44-41-38-35-33-30-20-18-16-14-11-8-5-2/h16,18,47H,4-15,17,19-46H2,1-3H3/b18-16-. The van der Waals surface area contributed by atoms with E-state index < -0.39 is 6.10 Å². The summed E-state index contributed by atoms with van der Waals surface area (Å²) in [5, 5.41) is 0. The molecule has 0 saturated carbocycles. The van der Waals surface area contributed by atoms with Gasteiger partial charge in [-0.05, 0) is 44.9 Å². The fourth-order valence-corrected chi connectivity index (χ4v) is 7.26. The van der Waals surface area contributed by atoms with Gasteiger partial charge in [-0.3, -0.25) is 14.4 Å². The summed E-state index contributed by atoms with van der Waals surface area (Å²) in [4.78, 5) is 37.5. The summed E-state index contributed by atoms with van der Waals surface area (Å²) in [6, 6.07) is 0. The lowest BCUT2D eigenvalue weighted by Crippen LogP contribution is -2.30. The van der Waals surface area contributed by atoms with Gasteiger partial charge >= 0.3 is 17.9 Å². The monoisotopic (exact) mass is 791 g/mol. The van der Waals surface area contributed by atoms with E-state index in [2.05, 4.69) is 32.9 Å². The summed E-state index contributed by atoms with van der Waals surface area (Å²) < 4.78 is 16.6. The molecule has 0 spiro atoms. The van der Waals surface area contributed by atoms with Gasteiger partial charge in [-0.1, -0.05) is 219 Å². The van der Waals surface area contributed by atoms with Crippen LogP contribution in [-0.4, -0.2) is 37.2 Å². The van der Waals surface area contributed by atoms with Crippen LogP contribution in [0.3, 0.4) is 0 Å². The SMILES string of the molecule is CCCCC/C=C\CCCCCCCC(=O)OC(COC(=O)CCCCCCC)COC(=O)CCCCCCCCCCCCCCCCCCCCCCC. The Balaban J connectivity index is 4.07. The van der Waals surface area contributed by atoms with Gasteiger partial charge in [-0.2, -0.15) is 0 Å². The molecule has 0 aromatic carbocycles. The molecule has 0 aliphatic carbocycles. The van der Waals surface area contributed by atoms with E-state index in [1.165, 1.54) is 161 Å². The average molecular weight is 791 g/mol. The lowest BCUT2D eigenvalue weighted by atomic mass is 10.0. The van der Waals surface area contributed by atoms with Gasteiger partial charge in [0.1, 0.15) is 13.2 Å². The molecule has 0 heterocycles. The van der Waals surface area contributed by atoms with Crippen molar-refractivity contribution in [3.63, 3.8) is 0 Å². The summed E-state index contributed by atoms with van der Waals surface area (Å²) in [6.45, 7) is 6.55. The molecule has 1 atom stereocenters. The van der Waals surface area contributed by atoms with Crippen LogP contribution in [0.25, 0.3) is 0 Å². The Morgan fingerprint density at radius 1 is 0.339 bits per heavy atom. The first-order valence-electron chi connectivity index (χ1n) is 24.7. The third kappa shape index (κ3) is 43.3. The van der Waals surface area contributed by atoms with E-state index in [0.29, 0.717) is 19.3 Å². The second-order valence-corrected chi connectivity index (χ2v) is 16.7. The Morgan fingerprint density at radius 3 is 0.929 bits per heavy atom. The molecule has 0 saturated heterocycles. The van der Waals surface area contributed by atoms with Crippen LogP contribution in [0.1, 0.15) is 271 Å². The molecule has 6 heteroatoms. The zero-order chi connectivity index (χ0) is 40.8. The van der Waals surface area contributed by atoms with Crippen LogP contribution in [0, 0.1) is 0 Å². The molecular formula is C50H94O6. The van der Waals surface area contributed by atoms with Crippen molar-refractivity contribution >= 4 is 17.9 Å². The quantitative estimate of drug-likeness (QED) is 0.0264. The molecule has 0 N–H and O–H groups in total. The molecule has 0 bridgehead atoms. The normalized spacial score (nSPS) is 12.0. The van der Waals surface area contributed by atoms with Gasteiger partial charge in [0.25, 0.3) is 0 Å². The van der Waals surface area contributed by atoms with Gasteiger partial charge in [0.05, 0.1) is 0 Å². The van der Waals surface area contributed by atoms with Gasteiger partial charge in [0, 0.05) is 19.3 Å². The number of carbonyl (C=O) groups excluding carboxylic acids is 3. The molecular weight excluding hydrogens is 697 g/mol. The fraction of sp³-hybridized carbons (Fsp3) is 0.900. The highest BCUT2D eigenvalue weighted by atomic mass is 16.6. The highest BCUT2D eigenvalue weighted by molar-refractivity contribution is 5.71. The second-order valence-electron chi connectivity index (χ2n) is 16.7. The Labute approximate surface area is 348 Å². The molecule has 0 amide bonds. The Kier molecular flexibility index (Phi) is 44.3. The smallest absolute Gasteiger partial charge is 0.306 e. The zero-order valence-corrected chi connectivity index (χ0v) is 37.7. The van der Waals surface area contributed by atoms with Gasteiger partial charge < -0.3 is 14.2 Å². The largest absolute Gasteiger partial charge is 0.462 e. The van der Waals surface area contributed by atoms with Gasteiger partial charge in [-0.15, -0.1) is 0 Å². The predicted molar refractivity (Wildman–Crippen MR) is 238 cm³/mol. The molecule has 0 rings (SSSR count). The van der Waals surface area contributed by atoms with E-state index in [1.807, 2.05) is 0 Å². The molecule has 0 fully saturated rings. The lowest BCUT2D eigenvalue weighted by molar-refractivity contribution is -0.167. The molecule has 56 heavy (non-hydrogen) atoms. The van der Waals surface area contributed by atoms with E-state index in [0.717, 1.165) is 70.6 Å². The number of allylic oxidation sites excluding steroid dienone is 2. The Bertz CT molecular complexity index is 870. The molecule has 0 aliphatic heterocycles. The van der Waals surface area contributed by atoms with E-state index >= 15 is 0 Å². The van der Waals surface area contributed by atoms with Crippen molar-refractivity contribution in [3.8, 4) is 0 Å². The van der Waals surface area contributed by atoms with Gasteiger partial charge in [0.2, 0.25) is 0 Å². The molecule has 0 radical (unpaired) electrons. The van der Waals surface area contributed by atoms with Crippen LogP contribution in [0.2, 0.25) is 0 Å². The first-order valence-corrected chi connectivity index (χ1v) is 24.7. The number of ether oxygens (including phenoxy) is 3. The molecule has 6 nitrogen and oxygen atoms in total. The summed E-state index contributed by atoms with van der Waals surface area (Å²) in [5.41, 5.74) is 0. The molecule has 330 valence electrons. The first-order chi connectivity index (χ1) is 27.5. The third-order valence-corrected chi connectivity index (χ3v) is 11.0. The maximum Gasteiger partial charge on any atom is 0.306 e. The second kappa shape index (κ2) is 45.8. The molecule has 1 unspecified atom stereocenters. The lowest BCUT2D eigenvalue weighted by Gasteiger charge is -2.18. The number of carbonyl (C=O) groups is 3. The van der Waals surface area contributed by atoms with Crippen molar-refractivity contribution in [3.05, 3.63) is 12.2 Å². The number of rotatable bonds is 45. The van der Waals surface area contributed by atoms with Crippen LogP contribution >= 0.6 is 0 Å². The predicted octanol–water partition coefficient (Wildman–Crippen LogP) is 15.8. The highest BCUT2D eigenvalue weighted by Gasteiger charge is 2.19. The van der Waals surface area contributed by atoms with Crippen molar-refractivity contribution in [1.82, 2.24) is 0 Å². The summed E-state index contributed by atoms with van der Waals surface area (Å²) >= 11 is 0. The van der Waals surface area contributed by atoms with Crippen molar-refractivity contribution in [1.29, 1.82) is 0 Å².